The molecule has 0 aliphatic heterocycles. The highest BCUT2D eigenvalue weighted by Gasteiger charge is 2.15. The van der Waals surface area contributed by atoms with E-state index in [1.54, 1.807) is 7.11 Å². The first kappa shape index (κ1) is 11.3. The molecule has 0 saturated heterocycles. The van der Waals surface area contributed by atoms with Crippen molar-refractivity contribution in [2.45, 2.75) is 19.6 Å². The molecule has 0 fully saturated rings. The largest absolute Gasteiger partial charge is 0.361 e. The van der Waals surface area contributed by atoms with Crippen molar-refractivity contribution < 1.29 is 4.74 Å². The molecular formula is C16H17NO. The molecule has 92 valence electrons. The number of nitrogens with zero attached hydrogens (tertiary/aromatic N) is 1. The molecule has 0 aliphatic carbocycles. The Bertz CT molecular complexity index is 626. The van der Waals surface area contributed by atoms with Gasteiger partial charge in [-0.3, -0.25) is 0 Å². The zero-order chi connectivity index (χ0) is 12.5. The van der Waals surface area contributed by atoms with Gasteiger partial charge in [0.2, 0.25) is 0 Å². The minimum Gasteiger partial charge on any atom is -0.361 e. The van der Waals surface area contributed by atoms with E-state index in [9.17, 15) is 0 Å². The highest BCUT2D eigenvalue weighted by molar-refractivity contribution is 6.08. The topological polar surface area (TPSA) is 14.2 Å². The Labute approximate surface area is 107 Å². The van der Waals surface area contributed by atoms with Gasteiger partial charge in [0, 0.05) is 17.9 Å². The molecule has 2 aromatic carbocycles. The molecule has 0 N–H and O–H groups in total. The molecule has 2 nitrogen and oxygen atoms in total. The number of ether oxygens (including phenoxy) is 1. The Hall–Kier alpha value is -1.80. The lowest BCUT2D eigenvalue weighted by Crippen LogP contribution is -2.09. The van der Waals surface area contributed by atoms with Crippen LogP contribution in [-0.2, 0) is 4.74 Å². The van der Waals surface area contributed by atoms with E-state index in [2.05, 4.69) is 60.0 Å². The molecule has 0 amide bonds. The van der Waals surface area contributed by atoms with Gasteiger partial charge in [-0.05, 0) is 18.6 Å². The van der Waals surface area contributed by atoms with Crippen LogP contribution in [0.5, 0.6) is 0 Å². The maximum absolute atomic E-state index is 5.62. The summed E-state index contributed by atoms with van der Waals surface area (Å²) in [6, 6.07) is 17.0. The van der Waals surface area contributed by atoms with Gasteiger partial charge < -0.3 is 9.30 Å². The Morgan fingerprint density at radius 3 is 1.89 bits per heavy atom. The van der Waals surface area contributed by atoms with Crippen LogP contribution < -0.4 is 0 Å². The van der Waals surface area contributed by atoms with E-state index in [1.165, 1.54) is 21.8 Å². The normalized spacial score (nSPS) is 13.2. The highest BCUT2D eigenvalue weighted by Crippen LogP contribution is 2.32. The van der Waals surface area contributed by atoms with E-state index in [-0.39, 0.29) is 6.23 Å². The fourth-order valence-electron chi connectivity index (χ4n) is 2.72. The predicted molar refractivity (Wildman–Crippen MR) is 75.8 cm³/mol. The van der Waals surface area contributed by atoms with Gasteiger partial charge >= 0.3 is 0 Å². The number of fused-ring (bicyclic) bond motifs is 3. The Kier molecular flexibility index (Phi) is 2.80. The van der Waals surface area contributed by atoms with Crippen LogP contribution in [0.25, 0.3) is 21.8 Å². The van der Waals surface area contributed by atoms with Gasteiger partial charge in [-0.2, -0.15) is 0 Å². The number of methoxy groups -OCH3 is 1. The first-order valence-electron chi connectivity index (χ1n) is 6.37. The number of para-hydroxylation sites is 2. The average molecular weight is 239 g/mol. The quantitative estimate of drug-likeness (QED) is 0.662. The number of rotatable bonds is 3. The zero-order valence-electron chi connectivity index (χ0n) is 10.8. The third-order valence-corrected chi connectivity index (χ3v) is 3.53. The monoisotopic (exact) mass is 239 g/mol. The van der Waals surface area contributed by atoms with Gasteiger partial charge in [-0.25, -0.2) is 0 Å². The van der Waals surface area contributed by atoms with E-state index in [0.717, 1.165) is 6.42 Å². The van der Waals surface area contributed by atoms with Crippen LogP contribution in [-0.4, -0.2) is 11.7 Å². The Morgan fingerprint density at radius 2 is 1.44 bits per heavy atom. The number of benzene rings is 2. The minimum atomic E-state index is 0.0924. The summed E-state index contributed by atoms with van der Waals surface area (Å²) in [5, 5.41) is 2.59. The Morgan fingerprint density at radius 1 is 0.944 bits per heavy atom. The first-order chi connectivity index (χ1) is 8.86. The van der Waals surface area contributed by atoms with E-state index >= 15 is 0 Å². The molecule has 0 spiro atoms. The molecule has 3 rings (SSSR count). The smallest absolute Gasteiger partial charge is 0.133 e. The molecule has 0 aliphatic rings. The van der Waals surface area contributed by atoms with Crippen molar-refractivity contribution in [1.82, 2.24) is 4.57 Å². The fraction of sp³-hybridized carbons (Fsp3) is 0.250. The second-order valence-corrected chi connectivity index (χ2v) is 4.50. The van der Waals surface area contributed by atoms with Gasteiger partial charge in [0.15, 0.2) is 0 Å². The summed E-state index contributed by atoms with van der Waals surface area (Å²) in [6.07, 6.45) is 1.05. The van der Waals surface area contributed by atoms with E-state index < -0.39 is 0 Å². The predicted octanol–water partition coefficient (Wildman–Crippen LogP) is 4.35. The van der Waals surface area contributed by atoms with Gasteiger partial charge in [0.25, 0.3) is 0 Å². The van der Waals surface area contributed by atoms with Crippen LogP contribution in [0, 0.1) is 0 Å². The second-order valence-electron chi connectivity index (χ2n) is 4.50. The molecule has 1 atom stereocenters. The van der Waals surface area contributed by atoms with Crippen LogP contribution in [0.15, 0.2) is 48.5 Å². The summed E-state index contributed by atoms with van der Waals surface area (Å²) >= 11 is 0. The van der Waals surface area contributed by atoms with Crippen LogP contribution in [0.1, 0.15) is 19.6 Å². The molecular weight excluding hydrogens is 222 g/mol. The van der Waals surface area contributed by atoms with Crippen molar-refractivity contribution in [2.75, 3.05) is 7.11 Å². The first-order valence-corrected chi connectivity index (χ1v) is 6.37. The molecule has 0 saturated carbocycles. The second kappa shape index (κ2) is 4.46. The third-order valence-electron chi connectivity index (χ3n) is 3.53. The van der Waals surface area contributed by atoms with E-state index in [1.807, 2.05) is 0 Å². The molecule has 3 aromatic rings. The molecule has 2 heteroatoms. The molecule has 1 heterocycles. The highest BCUT2D eigenvalue weighted by atomic mass is 16.5. The van der Waals surface area contributed by atoms with Crippen LogP contribution in [0.3, 0.4) is 0 Å². The van der Waals surface area contributed by atoms with Gasteiger partial charge in [0.05, 0.1) is 11.0 Å². The van der Waals surface area contributed by atoms with Gasteiger partial charge in [-0.1, -0.05) is 43.3 Å². The zero-order valence-corrected chi connectivity index (χ0v) is 10.8. The lowest BCUT2D eigenvalue weighted by atomic mass is 10.2. The number of hydrogen-bond donors (Lipinski definition) is 0. The van der Waals surface area contributed by atoms with E-state index in [0.29, 0.717) is 0 Å². The molecule has 1 aromatic heterocycles. The minimum absolute atomic E-state index is 0.0924. The standard InChI is InChI=1S/C16H17NO/c1-3-16(18-2)17-14-10-6-4-8-12(14)13-9-5-7-11-15(13)17/h4-11,16H,3H2,1-2H3. The van der Waals surface area contributed by atoms with E-state index in [4.69, 9.17) is 4.74 Å². The van der Waals surface area contributed by atoms with Crippen molar-refractivity contribution in [1.29, 1.82) is 0 Å². The molecule has 18 heavy (non-hydrogen) atoms. The van der Waals surface area contributed by atoms with Crippen LogP contribution >= 0.6 is 0 Å². The van der Waals surface area contributed by atoms with Crippen molar-refractivity contribution >= 4 is 21.8 Å². The maximum atomic E-state index is 5.62. The van der Waals surface area contributed by atoms with Gasteiger partial charge in [0.1, 0.15) is 6.23 Å². The third kappa shape index (κ3) is 1.53. The summed E-state index contributed by atoms with van der Waals surface area (Å²) in [5.74, 6) is 0. The van der Waals surface area contributed by atoms with Crippen LogP contribution in [0.2, 0.25) is 0 Å². The lowest BCUT2D eigenvalue weighted by molar-refractivity contribution is 0.0480. The average Bonchev–Trinajstić information content (AvgIpc) is 2.76. The fourth-order valence-corrected chi connectivity index (χ4v) is 2.72. The molecule has 0 radical (unpaired) electrons. The summed E-state index contributed by atoms with van der Waals surface area (Å²) in [6.45, 7) is 2.15. The SMILES string of the molecule is CCC(OC)n1c2ccccc2c2ccccc21. The lowest BCUT2D eigenvalue weighted by Gasteiger charge is -2.17. The number of aromatic nitrogens is 1. The van der Waals surface area contributed by atoms with Crippen molar-refractivity contribution in [2.24, 2.45) is 0 Å². The van der Waals surface area contributed by atoms with Crippen molar-refractivity contribution in [3.05, 3.63) is 48.5 Å². The summed E-state index contributed by atoms with van der Waals surface area (Å²) in [7, 11) is 1.78. The number of hydrogen-bond acceptors (Lipinski definition) is 1. The molecule has 0 bridgehead atoms. The summed E-state index contributed by atoms with van der Waals surface area (Å²) < 4.78 is 7.92. The van der Waals surface area contributed by atoms with Gasteiger partial charge in [-0.15, -0.1) is 0 Å². The molecule has 1 unspecified atom stereocenters. The Balaban J connectivity index is 2.45. The maximum Gasteiger partial charge on any atom is 0.133 e. The summed E-state index contributed by atoms with van der Waals surface area (Å²) in [4.78, 5) is 0. The summed E-state index contributed by atoms with van der Waals surface area (Å²) in [5.41, 5.74) is 2.49. The van der Waals surface area contributed by atoms with Crippen molar-refractivity contribution in [3.8, 4) is 0 Å². The van der Waals surface area contributed by atoms with Crippen LogP contribution in [0.4, 0.5) is 0 Å². The van der Waals surface area contributed by atoms with Crippen molar-refractivity contribution in [3.63, 3.8) is 0 Å².